The maximum absolute atomic E-state index is 5.45. The Morgan fingerprint density at radius 1 is 0.882 bits per heavy atom. The summed E-state index contributed by atoms with van der Waals surface area (Å²) in [5.74, 6) is 2.13. The Morgan fingerprint density at radius 2 is 1.47 bits per heavy atom. The number of hydrogen-bond acceptors (Lipinski definition) is 3. The Balaban J connectivity index is 3.23. The fourth-order valence-electron chi connectivity index (χ4n) is 1.87. The van der Waals surface area contributed by atoms with E-state index >= 15 is 0 Å². The van der Waals surface area contributed by atoms with Crippen molar-refractivity contribution >= 4 is 0 Å². The van der Waals surface area contributed by atoms with Crippen molar-refractivity contribution in [1.82, 2.24) is 0 Å². The van der Waals surface area contributed by atoms with Crippen LogP contribution in [-0.2, 0) is 6.42 Å². The van der Waals surface area contributed by atoms with E-state index in [2.05, 4.69) is 20.8 Å². The molecule has 1 rings (SSSR count). The molecule has 3 heteroatoms. The molecule has 0 fully saturated rings. The lowest BCUT2D eigenvalue weighted by atomic mass is 9.87. The summed E-state index contributed by atoms with van der Waals surface area (Å²) in [6.07, 6.45) is 0.927. The largest absolute Gasteiger partial charge is 0.493 e. The zero-order valence-electron chi connectivity index (χ0n) is 11.6. The van der Waals surface area contributed by atoms with Crippen molar-refractivity contribution in [2.45, 2.75) is 27.2 Å². The van der Waals surface area contributed by atoms with E-state index in [1.165, 1.54) is 0 Å². The second-order valence-corrected chi connectivity index (χ2v) is 5.23. The molecule has 0 amide bonds. The fraction of sp³-hybridized carbons (Fsp3) is 0.571. The zero-order valence-corrected chi connectivity index (χ0v) is 11.6. The molecule has 3 nitrogen and oxygen atoms in total. The lowest BCUT2D eigenvalue weighted by Crippen LogP contribution is -2.10. The molecule has 0 unspecified atom stereocenters. The van der Waals surface area contributed by atoms with E-state index in [1.54, 1.807) is 21.3 Å². The van der Waals surface area contributed by atoms with Crippen LogP contribution in [0.5, 0.6) is 17.2 Å². The smallest absolute Gasteiger partial charge is 0.203 e. The summed E-state index contributed by atoms with van der Waals surface area (Å²) in [5, 5.41) is 0. The second-order valence-electron chi connectivity index (χ2n) is 5.23. The minimum absolute atomic E-state index is 0.201. The summed E-state index contributed by atoms with van der Waals surface area (Å²) in [6, 6.07) is 3.95. The maximum Gasteiger partial charge on any atom is 0.203 e. The van der Waals surface area contributed by atoms with Crippen molar-refractivity contribution in [2.24, 2.45) is 5.41 Å². The third-order valence-electron chi connectivity index (χ3n) is 2.51. The number of ether oxygens (including phenoxy) is 3. The van der Waals surface area contributed by atoms with Gasteiger partial charge in [-0.15, -0.1) is 0 Å². The molecule has 0 N–H and O–H groups in total. The lowest BCUT2D eigenvalue weighted by Gasteiger charge is -2.22. The molecule has 0 bridgehead atoms. The first-order valence-electron chi connectivity index (χ1n) is 5.70. The van der Waals surface area contributed by atoms with Crippen LogP contribution in [0.25, 0.3) is 0 Å². The lowest BCUT2D eigenvalue weighted by molar-refractivity contribution is 0.317. The van der Waals surface area contributed by atoms with Crippen LogP contribution in [0, 0.1) is 5.41 Å². The van der Waals surface area contributed by atoms with Crippen LogP contribution in [0.2, 0.25) is 0 Å². The molecule has 0 aromatic heterocycles. The Bertz CT molecular complexity index is 378. The highest BCUT2D eigenvalue weighted by molar-refractivity contribution is 5.55. The van der Waals surface area contributed by atoms with E-state index in [1.807, 2.05) is 12.1 Å². The standard InChI is InChI=1S/C14H22O3/c1-14(2,3)9-10-7-8-11(15-4)13(17-6)12(10)16-5/h7-8H,9H2,1-6H3. The summed E-state index contributed by atoms with van der Waals surface area (Å²) < 4.78 is 16.1. The van der Waals surface area contributed by atoms with Crippen LogP contribution < -0.4 is 14.2 Å². The van der Waals surface area contributed by atoms with Crippen molar-refractivity contribution < 1.29 is 14.2 Å². The first-order chi connectivity index (χ1) is 7.92. The quantitative estimate of drug-likeness (QED) is 0.805. The third-order valence-corrected chi connectivity index (χ3v) is 2.51. The minimum Gasteiger partial charge on any atom is -0.493 e. The normalized spacial score (nSPS) is 11.2. The summed E-state index contributed by atoms with van der Waals surface area (Å²) in [5.41, 5.74) is 1.34. The highest BCUT2D eigenvalue weighted by Gasteiger charge is 2.20. The molecule has 0 aliphatic rings. The zero-order chi connectivity index (χ0) is 13.1. The van der Waals surface area contributed by atoms with Gasteiger partial charge in [-0.25, -0.2) is 0 Å². The molecule has 0 heterocycles. The average molecular weight is 238 g/mol. The molecule has 0 radical (unpaired) electrons. The van der Waals surface area contributed by atoms with Crippen LogP contribution in [-0.4, -0.2) is 21.3 Å². The topological polar surface area (TPSA) is 27.7 Å². The van der Waals surface area contributed by atoms with Gasteiger partial charge in [0.1, 0.15) is 0 Å². The van der Waals surface area contributed by atoms with Gasteiger partial charge in [0.15, 0.2) is 11.5 Å². The maximum atomic E-state index is 5.45. The van der Waals surface area contributed by atoms with Crippen LogP contribution in [0.4, 0.5) is 0 Å². The summed E-state index contributed by atoms with van der Waals surface area (Å²) in [4.78, 5) is 0. The van der Waals surface area contributed by atoms with Gasteiger partial charge < -0.3 is 14.2 Å². The number of benzene rings is 1. The molecule has 17 heavy (non-hydrogen) atoms. The van der Waals surface area contributed by atoms with E-state index in [0.717, 1.165) is 17.7 Å². The van der Waals surface area contributed by atoms with Crippen molar-refractivity contribution in [3.63, 3.8) is 0 Å². The van der Waals surface area contributed by atoms with E-state index in [9.17, 15) is 0 Å². The summed E-state index contributed by atoms with van der Waals surface area (Å²) in [6.45, 7) is 6.59. The molecule has 1 aromatic rings. The Morgan fingerprint density at radius 3 is 1.88 bits per heavy atom. The van der Waals surface area contributed by atoms with Gasteiger partial charge in [-0.2, -0.15) is 0 Å². The van der Waals surface area contributed by atoms with Gasteiger partial charge in [-0.3, -0.25) is 0 Å². The Labute approximate surface area is 104 Å². The van der Waals surface area contributed by atoms with Gasteiger partial charge in [0.2, 0.25) is 5.75 Å². The van der Waals surface area contributed by atoms with Gasteiger partial charge in [0.25, 0.3) is 0 Å². The summed E-state index contributed by atoms with van der Waals surface area (Å²) >= 11 is 0. The highest BCUT2D eigenvalue weighted by Crippen LogP contribution is 2.41. The van der Waals surface area contributed by atoms with Gasteiger partial charge in [0, 0.05) is 0 Å². The van der Waals surface area contributed by atoms with Crippen molar-refractivity contribution in [3.8, 4) is 17.2 Å². The Kier molecular flexibility index (Phi) is 4.27. The molecule has 1 aromatic carbocycles. The van der Waals surface area contributed by atoms with Crippen LogP contribution in [0.3, 0.4) is 0 Å². The molecule has 0 aliphatic heterocycles. The average Bonchev–Trinajstić information content (AvgIpc) is 2.26. The Hall–Kier alpha value is -1.38. The van der Waals surface area contributed by atoms with Crippen molar-refractivity contribution in [2.75, 3.05) is 21.3 Å². The first kappa shape index (κ1) is 13.7. The SMILES string of the molecule is COc1ccc(CC(C)(C)C)c(OC)c1OC. The highest BCUT2D eigenvalue weighted by atomic mass is 16.5. The van der Waals surface area contributed by atoms with E-state index in [-0.39, 0.29) is 5.41 Å². The monoisotopic (exact) mass is 238 g/mol. The molecule has 0 aliphatic carbocycles. The van der Waals surface area contributed by atoms with E-state index < -0.39 is 0 Å². The first-order valence-corrected chi connectivity index (χ1v) is 5.70. The molecule has 0 atom stereocenters. The van der Waals surface area contributed by atoms with Crippen LogP contribution >= 0.6 is 0 Å². The second kappa shape index (κ2) is 5.30. The van der Waals surface area contributed by atoms with Crippen LogP contribution in [0.1, 0.15) is 26.3 Å². The minimum atomic E-state index is 0.201. The molecule has 96 valence electrons. The van der Waals surface area contributed by atoms with Gasteiger partial charge in [-0.05, 0) is 23.5 Å². The number of methoxy groups -OCH3 is 3. The van der Waals surface area contributed by atoms with Crippen molar-refractivity contribution in [1.29, 1.82) is 0 Å². The molecule has 0 saturated carbocycles. The van der Waals surface area contributed by atoms with Gasteiger partial charge in [0.05, 0.1) is 21.3 Å². The van der Waals surface area contributed by atoms with Crippen molar-refractivity contribution in [3.05, 3.63) is 17.7 Å². The fourth-order valence-corrected chi connectivity index (χ4v) is 1.87. The van der Waals surface area contributed by atoms with E-state index in [0.29, 0.717) is 11.5 Å². The summed E-state index contributed by atoms with van der Waals surface area (Å²) in [7, 11) is 4.91. The van der Waals surface area contributed by atoms with Crippen LogP contribution in [0.15, 0.2) is 12.1 Å². The number of hydrogen-bond donors (Lipinski definition) is 0. The molecule has 0 spiro atoms. The molecule has 0 saturated heterocycles. The number of rotatable bonds is 4. The third kappa shape index (κ3) is 3.29. The molecular weight excluding hydrogens is 216 g/mol. The molecular formula is C14H22O3. The van der Waals surface area contributed by atoms with Gasteiger partial charge >= 0.3 is 0 Å². The van der Waals surface area contributed by atoms with Gasteiger partial charge in [-0.1, -0.05) is 26.8 Å². The van der Waals surface area contributed by atoms with E-state index in [4.69, 9.17) is 14.2 Å². The predicted octanol–water partition coefficient (Wildman–Crippen LogP) is 3.30. The predicted molar refractivity (Wildman–Crippen MR) is 69.3 cm³/mol.